The van der Waals surface area contributed by atoms with Crippen molar-refractivity contribution in [3.05, 3.63) is 86.5 Å². The molecule has 9 heteroatoms. The molecular formula is C33H43FN4O4. The molecule has 8 nitrogen and oxygen atoms in total. The molecule has 42 heavy (non-hydrogen) atoms. The van der Waals surface area contributed by atoms with Crippen LogP contribution in [0.15, 0.2) is 47.3 Å². The Hall–Kier alpha value is -3.85. The second kappa shape index (κ2) is 13.9. The maximum atomic E-state index is 15.0. The van der Waals surface area contributed by atoms with Crippen molar-refractivity contribution in [1.82, 2.24) is 15.2 Å². The highest BCUT2D eigenvalue weighted by Crippen LogP contribution is 2.33. The van der Waals surface area contributed by atoms with Crippen LogP contribution in [0.1, 0.15) is 65.3 Å². The molecule has 0 spiro atoms. The van der Waals surface area contributed by atoms with Gasteiger partial charge in [-0.05, 0) is 88.9 Å². The summed E-state index contributed by atoms with van der Waals surface area (Å²) in [5.74, 6) is 0.273. The molecule has 0 aliphatic heterocycles. The van der Waals surface area contributed by atoms with Crippen LogP contribution >= 0.6 is 0 Å². The smallest absolute Gasteiger partial charge is 0.252 e. The molecule has 1 aromatic heterocycles. The number of hydrogen-bond donors (Lipinski definition) is 2. The number of rotatable bonds is 11. The lowest BCUT2D eigenvalue weighted by atomic mass is 9.88. The molecule has 0 unspecified atom stereocenters. The van der Waals surface area contributed by atoms with E-state index in [9.17, 15) is 14.0 Å². The number of H-pyrrole nitrogens is 1. The van der Waals surface area contributed by atoms with Gasteiger partial charge < -0.3 is 24.7 Å². The number of hydrogen-bond acceptors (Lipinski definition) is 6. The SMILES string of the molecule is CCN(c1cc(F)cc(C(=O)NCc2c(OC)[nH]c(C)cc2=O)c1C)C1CCC(N(C)Cc2cccc(OC)c2)CC1. The van der Waals surface area contributed by atoms with Crippen molar-refractivity contribution in [1.29, 1.82) is 0 Å². The fraction of sp³-hybridized carbons (Fsp3) is 0.455. The predicted molar refractivity (Wildman–Crippen MR) is 164 cm³/mol. The third-order valence-corrected chi connectivity index (χ3v) is 8.40. The van der Waals surface area contributed by atoms with Gasteiger partial charge in [0.25, 0.3) is 5.91 Å². The van der Waals surface area contributed by atoms with Crippen LogP contribution in [0, 0.1) is 19.7 Å². The molecule has 1 saturated carbocycles. The molecule has 0 bridgehead atoms. The minimum atomic E-state index is -0.461. The number of nitrogens with zero attached hydrogens (tertiary/aromatic N) is 2. The van der Waals surface area contributed by atoms with E-state index in [1.54, 1.807) is 14.0 Å². The van der Waals surface area contributed by atoms with Crippen LogP contribution in [0.3, 0.4) is 0 Å². The number of pyridine rings is 1. The van der Waals surface area contributed by atoms with E-state index in [4.69, 9.17) is 9.47 Å². The number of ether oxygens (including phenoxy) is 2. The van der Waals surface area contributed by atoms with E-state index in [1.165, 1.54) is 30.9 Å². The van der Waals surface area contributed by atoms with Crippen molar-refractivity contribution in [2.45, 2.75) is 71.6 Å². The Morgan fingerprint density at radius 1 is 1.05 bits per heavy atom. The van der Waals surface area contributed by atoms with E-state index in [0.717, 1.165) is 49.2 Å². The Kier molecular flexibility index (Phi) is 10.3. The zero-order valence-corrected chi connectivity index (χ0v) is 25.6. The van der Waals surface area contributed by atoms with Gasteiger partial charge in [0, 0.05) is 48.2 Å². The summed E-state index contributed by atoms with van der Waals surface area (Å²) in [5, 5.41) is 2.79. The molecule has 1 amide bonds. The topological polar surface area (TPSA) is 86.9 Å². The lowest BCUT2D eigenvalue weighted by Crippen LogP contribution is -2.43. The van der Waals surface area contributed by atoms with Gasteiger partial charge >= 0.3 is 0 Å². The lowest BCUT2D eigenvalue weighted by molar-refractivity contribution is 0.0949. The molecule has 1 aliphatic carbocycles. The third-order valence-electron chi connectivity index (χ3n) is 8.40. The minimum absolute atomic E-state index is 0.0340. The number of nitrogens with one attached hydrogen (secondary N) is 2. The van der Waals surface area contributed by atoms with Crippen LogP contribution in [0.25, 0.3) is 0 Å². The summed E-state index contributed by atoms with van der Waals surface area (Å²) in [6.07, 6.45) is 4.04. The summed E-state index contributed by atoms with van der Waals surface area (Å²) in [6.45, 7) is 7.21. The number of carbonyl (C=O) groups is 1. The number of anilines is 1. The Bertz CT molecular complexity index is 1450. The largest absolute Gasteiger partial charge is 0.497 e. The van der Waals surface area contributed by atoms with Crippen LogP contribution in [0.5, 0.6) is 11.6 Å². The highest BCUT2D eigenvalue weighted by molar-refractivity contribution is 5.97. The van der Waals surface area contributed by atoms with E-state index >= 15 is 0 Å². The predicted octanol–water partition coefficient (Wildman–Crippen LogP) is 5.35. The highest BCUT2D eigenvalue weighted by atomic mass is 19.1. The Morgan fingerprint density at radius 2 is 1.76 bits per heavy atom. The number of halogens is 1. The van der Waals surface area contributed by atoms with Crippen LogP contribution in [0.4, 0.5) is 10.1 Å². The number of benzene rings is 2. The van der Waals surface area contributed by atoms with Gasteiger partial charge in [-0.25, -0.2) is 4.39 Å². The molecule has 0 saturated heterocycles. The lowest BCUT2D eigenvalue weighted by Gasteiger charge is -2.41. The van der Waals surface area contributed by atoms with Crippen LogP contribution in [0.2, 0.25) is 0 Å². The Balaban J connectivity index is 1.44. The number of aryl methyl sites for hydroxylation is 1. The summed E-state index contributed by atoms with van der Waals surface area (Å²) in [6, 6.07) is 13.2. The zero-order chi connectivity index (χ0) is 30.4. The summed E-state index contributed by atoms with van der Waals surface area (Å²) < 4.78 is 25.6. The van der Waals surface area contributed by atoms with E-state index in [-0.39, 0.29) is 23.6 Å². The summed E-state index contributed by atoms with van der Waals surface area (Å²) in [7, 11) is 5.32. The van der Waals surface area contributed by atoms with E-state index in [2.05, 4.69) is 46.2 Å². The highest BCUT2D eigenvalue weighted by Gasteiger charge is 2.29. The summed E-state index contributed by atoms with van der Waals surface area (Å²) >= 11 is 0. The quantitative estimate of drug-likeness (QED) is 0.319. The standard InChI is InChI=1S/C33H43FN4O4/c1-7-38(26-13-11-25(12-14-26)37(4)20-23-9-8-10-27(16-23)41-5)30-18-24(34)17-28(22(30)3)32(40)35-19-29-31(39)15-21(2)36-33(29)42-6/h8-10,15-18,25-26H,7,11-14,19-20H2,1-6H3,(H,35,40)(H,36,39). The average molecular weight is 579 g/mol. The number of methoxy groups -OCH3 is 2. The van der Waals surface area contributed by atoms with Crippen molar-refractivity contribution in [2.24, 2.45) is 0 Å². The molecule has 3 aromatic rings. The molecule has 0 atom stereocenters. The molecule has 1 aliphatic rings. The van der Waals surface area contributed by atoms with Gasteiger partial charge in [0.2, 0.25) is 0 Å². The van der Waals surface area contributed by atoms with E-state index in [0.29, 0.717) is 29.7 Å². The number of carbonyl (C=O) groups excluding carboxylic acids is 1. The number of aromatic amines is 1. The first-order valence-corrected chi connectivity index (χ1v) is 14.6. The molecular weight excluding hydrogens is 535 g/mol. The number of aromatic nitrogens is 1. The van der Waals surface area contributed by atoms with Gasteiger partial charge in [-0.2, -0.15) is 0 Å². The molecule has 4 rings (SSSR count). The second-order valence-corrected chi connectivity index (χ2v) is 11.1. The fourth-order valence-corrected chi connectivity index (χ4v) is 6.11. The fourth-order valence-electron chi connectivity index (χ4n) is 6.11. The second-order valence-electron chi connectivity index (χ2n) is 11.1. The number of amides is 1. The van der Waals surface area contributed by atoms with Gasteiger partial charge in [-0.1, -0.05) is 12.1 Å². The first kappa shape index (κ1) is 31.1. The molecule has 2 N–H and O–H groups in total. The summed E-state index contributed by atoms with van der Waals surface area (Å²) in [4.78, 5) is 33.4. The monoisotopic (exact) mass is 578 g/mol. The van der Waals surface area contributed by atoms with Crippen LogP contribution in [-0.2, 0) is 13.1 Å². The van der Waals surface area contributed by atoms with Gasteiger partial charge in [0.1, 0.15) is 11.6 Å². The minimum Gasteiger partial charge on any atom is -0.497 e. The Morgan fingerprint density at radius 3 is 2.43 bits per heavy atom. The van der Waals surface area contributed by atoms with E-state index in [1.807, 2.05) is 19.1 Å². The van der Waals surface area contributed by atoms with Crippen molar-refractivity contribution >= 4 is 11.6 Å². The Labute approximate surface area is 247 Å². The van der Waals surface area contributed by atoms with Crippen molar-refractivity contribution < 1.29 is 18.7 Å². The first-order chi connectivity index (χ1) is 20.1. The third kappa shape index (κ3) is 7.13. The molecule has 226 valence electrons. The van der Waals surface area contributed by atoms with Gasteiger partial charge in [-0.3, -0.25) is 14.5 Å². The van der Waals surface area contributed by atoms with Crippen molar-refractivity contribution in [3.8, 4) is 11.6 Å². The van der Waals surface area contributed by atoms with Crippen molar-refractivity contribution in [2.75, 3.05) is 32.7 Å². The normalized spacial score (nSPS) is 16.8. The van der Waals surface area contributed by atoms with Crippen LogP contribution < -0.4 is 25.1 Å². The van der Waals surface area contributed by atoms with E-state index < -0.39 is 11.7 Å². The maximum Gasteiger partial charge on any atom is 0.252 e. The maximum absolute atomic E-state index is 15.0. The van der Waals surface area contributed by atoms with Crippen LogP contribution in [-0.4, -0.2) is 55.7 Å². The van der Waals surface area contributed by atoms with Gasteiger partial charge in [0.15, 0.2) is 11.3 Å². The summed E-state index contributed by atoms with van der Waals surface area (Å²) in [5.41, 5.74) is 3.68. The molecule has 2 aromatic carbocycles. The zero-order valence-electron chi connectivity index (χ0n) is 25.6. The molecule has 1 fully saturated rings. The first-order valence-electron chi connectivity index (χ1n) is 14.6. The van der Waals surface area contributed by atoms with Gasteiger partial charge in [0.05, 0.1) is 26.3 Å². The van der Waals surface area contributed by atoms with Gasteiger partial charge in [-0.15, -0.1) is 0 Å². The molecule has 1 heterocycles. The molecule has 0 radical (unpaired) electrons. The average Bonchev–Trinajstić information content (AvgIpc) is 2.98. The van der Waals surface area contributed by atoms with Crippen molar-refractivity contribution in [3.63, 3.8) is 0 Å².